The van der Waals surface area contributed by atoms with Gasteiger partial charge in [-0.1, -0.05) is 39.0 Å². The molecule has 0 aliphatic carbocycles. The Labute approximate surface area is 125 Å². The van der Waals surface area contributed by atoms with Gasteiger partial charge >= 0.3 is 11.9 Å². The summed E-state index contributed by atoms with van der Waals surface area (Å²) < 4.78 is 9.72. The maximum absolute atomic E-state index is 11.5. The van der Waals surface area contributed by atoms with Crippen LogP contribution in [0.5, 0.6) is 0 Å². The normalized spacial score (nSPS) is 17.4. The van der Waals surface area contributed by atoms with E-state index in [0.717, 1.165) is 19.3 Å². The minimum atomic E-state index is -0.621. The van der Waals surface area contributed by atoms with Gasteiger partial charge in [-0.25, -0.2) is 4.79 Å². The van der Waals surface area contributed by atoms with Crippen molar-refractivity contribution in [3.05, 3.63) is 0 Å². The number of hydrogen-bond donors (Lipinski definition) is 1. The van der Waals surface area contributed by atoms with E-state index < -0.39 is 23.9 Å². The average molecular weight is 299 g/mol. The Balaban J connectivity index is 2.02. The molecule has 0 radical (unpaired) electrons. The van der Waals surface area contributed by atoms with Gasteiger partial charge in [-0.3, -0.25) is 9.59 Å². The van der Waals surface area contributed by atoms with Crippen molar-refractivity contribution in [1.82, 2.24) is 5.32 Å². The summed E-state index contributed by atoms with van der Waals surface area (Å²) in [4.78, 5) is 34.1. The van der Waals surface area contributed by atoms with Crippen LogP contribution in [0.15, 0.2) is 0 Å². The molecule has 1 amide bonds. The van der Waals surface area contributed by atoms with Crippen molar-refractivity contribution >= 4 is 17.8 Å². The number of unbranched alkanes of at least 4 members (excludes halogenated alkanes) is 5. The van der Waals surface area contributed by atoms with Gasteiger partial charge in [0.2, 0.25) is 5.91 Å². The van der Waals surface area contributed by atoms with E-state index in [-0.39, 0.29) is 6.42 Å². The molecule has 0 saturated carbocycles. The maximum Gasteiger partial charge on any atom is 0.328 e. The van der Waals surface area contributed by atoms with E-state index in [4.69, 9.17) is 9.47 Å². The largest absolute Gasteiger partial charge is 0.465 e. The van der Waals surface area contributed by atoms with Crippen LogP contribution in [0, 0.1) is 0 Å². The van der Waals surface area contributed by atoms with Crippen LogP contribution in [0.3, 0.4) is 0 Å². The Hall–Kier alpha value is -1.59. The Morgan fingerprint density at radius 1 is 1.24 bits per heavy atom. The van der Waals surface area contributed by atoms with Crippen LogP contribution in [0.2, 0.25) is 0 Å². The van der Waals surface area contributed by atoms with E-state index in [1.807, 2.05) is 0 Å². The molecule has 0 bridgehead atoms. The molecule has 0 aromatic carbocycles. The van der Waals surface area contributed by atoms with Gasteiger partial charge < -0.3 is 14.8 Å². The van der Waals surface area contributed by atoms with E-state index in [1.54, 1.807) is 0 Å². The van der Waals surface area contributed by atoms with Gasteiger partial charge in [-0.15, -0.1) is 0 Å². The molecule has 0 unspecified atom stereocenters. The standard InChI is InChI=1S/C15H25NO5/c1-2-3-4-5-6-7-9-20-14(18)11-13(17)16-12-8-10-21-15(12)19/h12H,2-11H2,1H3,(H,16,17)/t12-/m0/s1. The molecule has 120 valence electrons. The number of esters is 2. The number of carbonyl (C=O) groups is 3. The monoisotopic (exact) mass is 299 g/mol. The van der Waals surface area contributed by atoms with Crippen LogP contribution < -0.4 is 5.32 Å². The summed E-state index contributed by atoms with van der Waals surface area (Å²) in [5, 5.41) is 2.47. The highest BCUT2D eigenvalue weighted by atomic mass is 16.5. The number of hydrogen-bond acceptors (Lipinski definition) is 5. The fourth-order valence-electron chi connectivity index (χ4n) is 2.12. The highest BCUT2D eigenvalue weighted by molar-refractivity contribution is 5.96. The molecular weight excluding hydrogens is 274 g/mol. The number of nitrogens with one attached hydrogen (secondary N) is 1. The van der Waals surface area contributed by atoms with Crippen molar-refractivity contribution in [2.45, 2.75) is 64.3 Å². The molecule has 1 fully saturated rings. The number of cyclic esters (lactones) is 1. The lowest BCUT2D eigenvalue weighted by atomic mass is 10.1. The molecule has 1 heterocycles. The van der Waals surface area contributed by atoms with Gasteiger partial charge in [0, 0.05) is 6.42 Å². The van der Waals surface area contributed by atoms with Gasteiger partial charge in [-0.05, 0) is 6.42 Å². The molecule has 1 atom stereocenters. The Kier molecular flexibility index (Phi) is 8.47. The first kappa shape index (κ1) is 17.5. The zero-order chi connectivity index (χ0) is 15.5. The molecule has 0 aromatic rings. The lowest BCUT2D eigenvalue weighted by Crippen LogP contribution is -2.39. The van der Waals surface area contributed by atoms with Crippen LogP contribution >= 0.6 is 0 Å². The van der Waals surface area contributed by atoms with Crippen LogP contribution in [0.25, 0.3) is 0 Å². The molecular formula is C15H25NO5. The third-order valence-corrected chi connectivity index (χ3v) is 3.34. The predicted molar refractivity (Wildman–Crippen MR) is 76.5 cm³/mol. The Morgan fingerprint density at radius 3 is 2.62 bits per heavy atom. The first-order valence-electron chi connectivity index (χ1n) is 7.75. The lowest BCUT2D eigenvalue weighted by molar-refractivity contribution is -0.148. The molecule has 1 rings (SSSR count). The van der Waals surface area contributed by atoms with E-state index in [1.165, 1.54) is 19.3 Å². The first-order chi connectivity index (χ1) is 10.1. The maximum atomic E-state index is 11.5. The average Bonchev–Trinajstić information content (AvgIpc) is 2.83. The van der Waals surface area contributed by atoms with Crippen LogP contribution in [0.1, 0.15) is 58.3 Å². The fourth-order valence-corrected chi connectivity index (χ4v) is 2.12. The number of ether oxygens (including phenoxy) is 2. The zero-order valence-corrected chi connectivity index (χ0v) is 12.7. The van der Waals surface area contributed by atoms with E-state index in [2.05, 4.69) is 12.2 Å². The molecule has 0 aromatic heterocycles. The van der Waals surface area contributed by atoms with Crippen LogP contribution in [-0.4, -0.2) is 37.1 Å². The van der Waals surface area contributed by atoms with E-state index in [9.17, 15) is 14.4 Å². The molecule has 6 heteroatoms. The van der Waals surface area contributed by atoms with Gasteiger partial charge in [0.25, 0.3) is 0 Å². The smallest absolute Gasteiger partial charge is 0.328 e. The van der Waals surface area contributed by atoms with Gasteiger partial charge in [0.1, 0.15) is 12.5 Å². The molecule has 1 aliphatic heterocycles. The fraction of sp³-hybridized carbons (Fsp3) is 0.800. The van der Waals surface area contributed by atoms with Crippen molar-refractivity contribution in [3.8, 4) is 0 Å². The van der Waals surface area contributed by atoms with Crippen LogP contribution in [-0.2, 0) is 23.9 Å². The SMILES string of the molecule is CCCCCCCCOC(=O)CC(=O)N[C@H]1CCOC1=O. The summed E-state index contributed by atoms with van der Waals surface area (Å²) >= 11 is 0. The van der Waals surface area contributed by atoms with Crippen molar-refractivity contribution in [1.29, 1.82) is 0 Å². The van der Waals surface area contributed by atoms with Crippen molar-refractivity contribution < 1.29 is 23.9 Å². The zero-order valence-electron chi connectivity index (χ0n) is 12.7. The second-order valence-corrected chi connectivity index (χ2v) is 5.24. The summed E-state index contributed by atoms with van der Waals surface area (Å²) in [5.41, 5.74) is 0. The highest BCUT2D eigenvalue weighted by Crippen LogP contribution is 2.07. The predicted octanol–water partition coefficient (Wildman–Crippen LogP) is 1.71. The molecule has 1 N–H and O–H groups in total. The van der Waals surface area contributed by atoms with Crippen molar-refractivity contribution in [2.75, 3.05) is 13.2 Å². The summed E-state index contributed by atoms with van der Waals surface area (Å²) in [5.74, 6) is -1.48. The molecule has 1 aliphatic rings. The summed E-state index contributed by atoms with van der Waals surface area (Å²) in [6.45, 7) is 2.83. The first-order valence-corrected chi connectivity index (χ1v) is 7.75. The van der Waals surface area contributed by atoms with Gasteiger partial charge in [-0.2, -0.15) is 0 Å². The lowest BCUT2D eigenvalue weighted by Gasteiger charge is -2.08. The molecule has 21 heavy (non-hydrogen) atoms. The third-order valence-electron chi connectivity index (χ3n) is 3.34. The minimum Gasteiger partial charge on any atom is -0.465 e. The molecule has 6 nitrogen and oxygen atoms in total. The van der Waals surface area contributed by atoms with Crippen molar-refractivity contribution in [2.24, 2.45) is 0 Å². The molecule has 0 spiro atoms. The van der Waals surface area contributed by atoms with E-state index in [0.29, 0.717) is 19.6 Å². The number of carbonyl (C=O) groups excluding carboxylic acids is 3. The van der Waals surface area contributed by atoms with Crippen molar-refractivity contribution in [3.63, 3.8) is 0 Å². The topological polar surface area (TPSA) is 81.7 Å². The summed E-state index contributed by atoms with van der Waals surface area (Å²) in [6.07, 6.45) is 6.78. The number of rotatable bonds is 10. The molecule has 1 saturated heterocycles. The summed E-state index contributed by atoms with van der Waals surface area (Å²) in [6, 6.07) is -0.621. The Morgan fingerprint density at radius 2 is 1.95 bits per heavy atom. The van der Waals surface area contributed by atoms with Gasteiger partial charge in [0.05, 0.1) is 13.2 Å². The Bertz CT molecular complexity index is 356. The third kappa shape index (κ3) is 7.68. The quantitative estimate of drug-likeness (QED) is 0.377. The second kappa shape index (κ2) is 10.2. The highest BCUT2D eigenvalue weighted by Gasteiger charge is 2.28. The summed E-state index contributed by atoms with van der Waals surface area (Å²) in [7, 11) is 0. The second-order valence-electron chi connectivity index (χ2n) is 5.24. The minimum absolute atomic E-state index is 0.312. The van der Waals surface area contributed by atoms with E-state index >= 15 is 0 Å². The van der Waals surface area contributed by atoms with Gasteiger partial charge in [0.15, 0.2) is 0 Å². The number of amides is 1. The van der Waals surface area contributed by atoms with Crippen LogP contribution in [0.4, 0.5) is 0 Å².